The van der Waals surface area contributed by atoms with E-state index in [-0.39, 0.29) is 0 Å². The van der Waals surface area contributed by atoms with Gasteiger partial charge in [-0.05, 0) is 56.5 Å². The Morgan fingerprint density at radius 3 is 3.04 bits per heavy atom. The lowest BCUT2D eigenvalue weighted by atomic mass is 10.1. The van der Waals surface area contributed by atoms with Crippen molar-refractivity contribution >= 4 is 16.9 Å². The normalized spacial score (nSPS) is 18.8. The highest BCUT2D eigenvalue weighted by Crippen LogP contribution is 2.19. The van der Waals surface area contributed by atoms with Gasteiger partial charge in [-0.2, -0.15) is 0 Å². The Hall–Kier alpha value is -2.01. The van der Waals surface area contributed by atoms with E-state index in [2.05, 4.69) is 63.8 Å². The van der Waals surface area contributed by atoms with Crippen molar-refractivity contribution in [3.63, 3.8) is 0 Å². The molecule has 1 aromatic carbocycles. The number of nitrogens with zero attached hydrogens (tertiary/aromatic N) is 2. The van der Waals surface area contributed by atoms with Gasteiger partial charge in [0, 0.05) is 43.3 Å². The number of aryl methyl sites for hydroxylation is 1. The summed E-state index contributed by atoms with van der Waals surface area (Å²) in [5, 5.41) is 8.26. The van der Waals surface area contributed by atoms with Gasteiger partial charge in [0.15, 0.2) is 5.96 Å². The second-order valence-electron chi connectivity index (χ2n) is 6.92. The summed E-state index contributed by atoms with van der Waals surface area (Å²) < 4.78 is 0. The maximum atomic E-state index is 4.36. The van der Waals surface area contributed by atoms with E-state index in [0.29, 0.717) is 6.04 Å². The van der Waals surface area contributed by atoms with Gasteiger partial charge in [-0.15, -0.1) is 0 Å². The Balaban J connectivity index is 1.48. The number of aromatic amines is 1. The molecule has 25 heavy (non-hydrogen) atoms. The molecule has 0 bridgehead atoms. The second-order valence-corrected chi connectivity index (χ2v) is 6.92. The van der Waals surface area contributed by atoms with Crippen molar-refractivity contribution < 1.29 is 0 Å². The molecule has 1 fully saturated rings. The number of aliphatic imine (C=N–C) groups is 1. The van der Waals surface area contributed by atoms with Crippen LogP contribution in [0.25, 0.3) is 10.9 Å². The van der Waals surface area contributed by atoms with Crippen LogP contribution in [0, 0.1) is 6.92 Å². The van der Waals surface area contributed by atoms with Crippen LogP contribution in [0.3, 0.4) is 0 Å². The quantitative estimate of drug-likeness (QED) is 0.559. The lowest BCUT2D eigenvalue weighted by Crippen LogP contribution is -2.45. The highest BCUT2D eigenvalue weighted by Gasteiger charge is 2.22. The summed E-state index contributed by atoms with van der Waals surface area (Å²) in [7, 11) is 1.84. The summed E-state index contributed by atoms with van der Waals surface area (Å²) in [6.45, 7) is 8.59. The molecule has 1 saturated heterocycles. The third-order valence-electron chi connectivity index (χ3n) is 5.24. The van der Waals surface area contributed by atoms with E-state index in [1.807, 2.05) is 7.05 Å². The van der Waals surface area contributed by atoms with E-state index in [4.69, 9.17) is 0 Å². The number of benzene rings is 1. The number of H-pyrrole nitrogens is 1. The van der Waals surface area contributed by atoms with Crippen LogP contribution in [0.5, 0.6) is 0 Å². The van der Waals surface area contributed by atoms with Crippen LogP contribution in [0.2, 0.25) is 0 Å². The Morgan fingerprint density at radius 2 is 2.24 bits per heavy atom. The van der Waals surface area contributed by atoms with Crippen molar-refractivity contribution in [1.82, 2.24) is 20.5 Å². The van der Waals surface area contributed by atoms with Gasteiger partial charge in [0.1, 0.15) is 0 Å². The van der Waals surface area contributed by atoms with Crippen LogP contribution < -0.4 is 10.6 Å². The van der Waals surface area contributed by atoms with Crippen molar-refractivity contribution in [2.75, 3.05) is 33.2 Å². The van der Waals surface area contributed by atoms with Gasteiger partial charge in [0.25, 0.3) is 0 Å². The number of aromatic nitrogens is 1. The molecule has 5 heteroatoms. The molecule has 2 aromatic rings. The Kier molecular flexibility index (Phi) is 5.97. The van der Waals surface area contributed by atoms with Gasteiger partial charge < -0.3 is 15.6 Å². The van der Waals surface area contributed by atoms with Crippen LogP contribution in [0.15, 0.2) is 29.4 Å². The van der Waals surface area contributed by atoms with Crippen LogP contribution >= 0.6 is 0 Å². The molecule has 5 nitrogen and oxygen atoms in total. The summed E-state index contributed by atoms with van der Waals surface area (Å²) in [5.41, 5.74) is 3.86. The van der Waals surface area contributed by atoms with E-state index in [0.717, 1.165) is 32.0 Å². The first-order chi connectivity index (χ1) is 12.2. The van der Waals surface area contributed by atoms with Gasteiger partial charge in [-0.25, -0.2) is 0 Å². The SMILES string of the molecule is CCN1CCCC1CNC(=NC)NCCc1c[nH]c2cc(C)ccc12. The number of likely N-dealkylation sites (N-methyl/N-ethyl adjacent to an activating group) is 1. The Morgan fingerprint density at radius 1 is 1.36 bits per heavy atom. The second kappa shape index (κ2) is 8.39. The first-order valence-electron chi connectivity index (χ1n) is 9.46. The fourth-order valence-electron chi connectivity index (χ4n) is 3.80. The third kappa shape index (κ3) is 4.34. The first kappa shape index (κ1) is 17.8. The predicted molar refractivity (Wildman–Crippen MR) is 106 cm³/mol. The molecule has 1 aliphatic heterocycles. The minimum Gasteiger partial charge on any atom is -0.361 e. The largest absolute Gasteiger partial charge is 0.361 e. The number of nitrogens with one attached hydrogen (secondary N) is 3. The molecular weight excluding hydrogens is 310 g/mol. The summed E-state index contributed by atoms with van der Waals surface area (Å²) in [6.07, 6.45) is 5.70. The molecule has 3 rings (SSSR count). The van der Waals surface area contributed by atoms with Crippen molar-refractivity contribution in [1.29, 1.82) is 0 Å². The highest BCUT2D eigenvalue weighted by molar-refractivity contribution is 5.84. The monoisotopic (exact) mass is 341 g/mol. The van der Waals surface area contributed by atoms with Crippen LogP contribution in [-0.2, 0) is 6.42 Å². The predicted octanol–water partition coefficient (Wildman–Crippen LogP) is 2.67. The Labute approximate surface area is 150 Å². The number of likely N-dealkylation sites (tertiary alicyclic amines) is 1. The lowest BCUT2D eigenvalue weighted by Gasteiger charge is -2.23. The topological polar surface area (TPSA) is 55.4 Å². The molecule has 0 saturated carbocycles. The van der Waals surface area contributed by atoms with Crippen molar-refractivity contribution in [3.05, 3.63) is 35.5 Å². The molecule has 2 heterocycles. The van der Waals surface area contributed by atoms with Gasteiger partial charge in [0.05, 0.1) is 0 Å². The van der Waals surface area contributed by atoms with Crippen molar-refractivity contribution in [3.8, 4) is 0 Å². The van der Waals surface area contributed by atoms with Gasteiger partial charge in [-0.3, -0.25) is 9.89 Å². The van der Waals surface area contributed by atoms with E-state index in [9.17, 15) is 0 Å². The number of guanidine groups is 1. The highest BCUT2D eigenvalue weighted by atomic mass is 15.2. The van der Waals surface area contributed by atoms with Crippen LogP contribution in [0.4, 0.5) is 0 Å². The zero-order valence-corrected chi connectivity index (χ0v) is 15.7. The summed E-state index contributed by atoms with van der Waals surface area (Å²) in [6, 6.07) is 7.23. The summed E-state index contributed by atoms with van der Waals surface area (Å²) in [5.74, 6) is 0.902. The smallest absolute Gasteiger partial charge is 0.191 e. The Bertz CT molecular complexity index is 718. The maximum Gasteiger partial charge on any atom is 0.191 e. The summed E-state index contributed by atoms with van der Waals surface area (Å²) in [4.78, 5) is 10.3. The molecule has 136 valence electrons. The van der Waals surface area contributed by atoms with E-state index in [1.54, 1.807) is 0 Å². The standard InChI is InChI=1S/C20H31N5/c1-4-25-11-5-6-17(25)14-24-20(21-3)22-10-9-16-13-23-19-12-15(2)7-8-18(16)19/h7-8,12-13,17,23H,4-6,9-11,14H2,1-3H3,(H2,21,22,24). The molecule has 0 spiro atoms. The maximum absolute atomic E-state index is 4.36. The molecule has 0 amide bonds. The number of rotatable bonds is 6. The van der Waals surface area contributed by atoms with E-state index in [1.165, 1.54) is 41.4 Å². The fraction of sp³-hybridized carbons (Fsp3) is 0.550. The number of hydrogen-bond acceptors (Lipinski definition) is 2. The van der Waals surface area contributed by atoms with Crippen LogP contribution in [0.1, 0.15) is 30.9 Å². The zero-order chi connectivity index (χ0) is 17.6. The van der Waals surface area contributed by atoms with Gasteiger partial charge >= 0.3 is 0 Å². The molecule has 1 aliphatic rings. The minimum atomic E-state index is 0.639. The minimum absolute atomic E-state index is 0.639. The molecule has 1 atom stereocenters. The molecule has 0 radical (unpaired) electrons. The fourth-order valence-corrected chi connectivity index (χ4v) is 3.80. The average Bonchev–Trinajstić information content (AvgIpc) is 3.24. The molecule has 0 aliphatic carbocycles. The van der Waals surface area contributed by atoms with Gasteiger partial charge in [-0.1, -0.05) is 19.1 Å². The number of fused-ring (bicyclic) bond motifs is 1. The molecular formula is C20H31N5. The number of hydrogen-bond donors (Lipinski definition) is 3. The van der Waals surface area contributed by atoms with E-state index >= 15 is 0 Å². The van der Waals surface area contributed by atoms with E-state index < -0.39 is 0 Å². The average molecular weight is 342 g/mol. The first-order valence-corrected chi connectivity index (χ1v) is 9.46. The molecule has 1 unspecified atom stereocenters. The van der Waals surface area contributed by atoms with Crippen LogP contribution in [-0.4, -0.2) is 55.1 Å². The van der Waals surface area contributed by atoms with Gasteiger partial charge in [0.2, 0.25) is 0 Å². The summed E-state index contributed by atoms with van der Waals surface area (Å²) >= 11 is 0. The lowest BCUT2D eigenvalue weighted by molar-refractivity contribution is 0.267. The van der Waals surface area contributed by atoms with Crippen molar-refractivity contribution in [2.45, 2.75) is 39.2 Å². The molecule has 3 N–H and O–H groups in total. The van der Waals surface area contributed by atoms with Crippen molar-refractivity contribution in [2.24, 2.45) is 4.99 Å². The molecule has 1 aromatic heterocycles. The zero-order valence-electron chi connectivity index (χ0n) is 15.7. The third-order valence-corrected chi connectivity index (χ3v) is 5.24.